The summed E-state index contributed by atoms with van der Waals surface area (Å²) in [4.78, 5) is 0. The third-order valence-corrected chi connectivity index (χ3v) is 3.38. The zero-order valence-electron chi connectivity index (χ0n) is 9.06. The third-order valence-electron chi connectivity index (χ3n) is 3.38. The number of hydrogen-bond acceptors (Lipinski definition) is 1. The smallest absolute Gasteiger partial charge is 0.266 e. The second-order valence-electron chi connectivity index (χ2n) is 4.50. The molecule has 4 heteroatoms. The van der Waals surface area contributed by atoms with Crippen molar-refractivity contribution in [3.63, 3.8) is 0 Å². The Morgan fingerprint density at radius 3 is 2.31 bits per heavy atom. The molecule has 0 radical (unpaired) electrons. The van der Waals surface area contributed by atoms with Gasteiger partial charge < -0.3 is 5.73 Å². The van der Waals surface area contributed by atoms with Crippen LogP contribution in [0, 0.1) is 12.7 Å². The topological polar surface area (TPSA) is 26.0 Å². The van der Waals surface area contributed by atoms with Crippen molar-refractivity contribution >= 4 is 0 Å². The van der Waals surface area contributed by atoms with Gasteiger partial charge in [0.15, 0.2) is 0 Å². The van der Waals surface area contributed by atoms with E-state index >= 15 is 0 Å². The van der Waals surface area contributed by atoms with Crippen molar-refractivity contribution in [2.75, 3.05) is 0 Å². The number of benzene rings is 1. The monoisotopic (exact) mass is 229 g/mol. The molecule has 0 atom stereocenters. The molecule has 16 heavy (non-hydrogen) atoms. The van der Waals surface area contributed by atoms with Gasteiger partial charge in [-0.2, -0.15) is 0 Å². The van der Waals surface area contributed by atoms with Crippen molar-refractivity contribution in [1.82, 2.24) is 0 Å². The van der Waals surface area contributed by atoms with Crippen molar-refractivity contribution in [1.29, 1.82) is 0 Å². The predicted octanol–water partition coefficient (Wildman–Crippen LogP) is 3.41. The summed E-state index contributed by atoms with van der Waals surface area (Å²) in [5.41, 5.74) is 5.94. The standard InChI is InChI=1S/C12H14F3N/c1-7-5-8(12(16)3-2-4-12)6-9(13)10(7)11(14)15/h5-6,11H,2-4,16H2,1H3. The molecule has 1 nitrogen and oxygen atoms in total. The minimum absolute atomic E-state index is 0.279. The molecular formula is C12H14F3N. The van der Waals surface area contributed by atoms with Crippen molar-refractivity contribution in [2.45, 2.75) is 38.2 Å². The molecule has 0 heterocycles. The van der Waals surface area contributed by atoms with Crippen LogP contribution in [0.4, 0.5) is 13.2 Å². The fraction of sp³-hybridized carbons (Fsp3) is 0.500. The van der Waals surface area contributed by atoms with Crippen LogP contribution >= 0.6 is 0 Å². The lowest BCUT2D eigenvalue weighted by atomic mass is 9.72. The summed E-state index contributed by atoms with van der Waals surface area (Å²) in [5.74, 6) is -0.846. The molecular weight excluding hydrogens is 215 g/mol. The molecule has 0 unspecified atom stereocenters. The molecule has 1 aromatic rings. The molecule has 2 rings (SSSR count). The highest BCUT2D eigenvalue weighted by Gasteiger charge is 2.35. The molecule has 0 bridgehead atoms. The SMILES string of the molecule is Cc1cc(C2(N)CCC2)cc(F)c1C(F)F. The first-order valence-electron chi connectivity index (χ1n) is 5.31. The van der Waals surface area contributed by atoms with Crippen LogP contribution in [0.3, 0.4) is 0 Å². The first-order chi connectivity index (χ1) is 7.44. The van der Waals surface area contributed by atoms with Crippen molar-refractivity contribution in [2.24, 2.45) is 5.73 Å². The number of rotatable bonds is 2. The molecule has 0 amide bonds. The second-order valence-corrected chi connectivity index (χ2v) is 4.50. The van der Waals surface area contributed by atoms with E-state index in [1.807, 2.05) is 0 Å². The fourth-order valence-electron chi connectivity index (χ4n) is 2.17. The van der Waals surface area contributed by atoms with Gasteiger partial charge in [-0.05, 0) is 43.4 Å². The zero-order valence-corrected chi connectivity index (χ0v) is 9.06. The van der Waals surface area contributed by atoms with E-state index in [4.69, 9.17) is 5.73 Å². The molecule has 0 aromatic heterocycles. The molecule has 1 fully saturated rings. The zero-order chi connectivity index (χ0) is 11.9. The van der Waals surface area contributed by atoms with E-state index in [0.717, 1.165) is 25.3 Å². The lowest BCUT2D eigenvalue weighted by molar-refractivity contribution is 0.145. The van der Waals surface area contributed by atoms with Crippen molar-refractivity contribution in [3.8, 4) is 0 Å². The number of alkyl halides is 2. The Labute approximate surface area is 92.5 Å². The Balaban J connectivity index is 2.45. The molecule has 2 N–H and O–H groups in total. The lowest BCUT2D eigenvalue weighted by Crippen LogP contribution is -2.43. The minimum Gasteiger partial charge on any atom is -0.321 e. The lowest BCUT2D eigenvalue weighted by Gasteiger charge is -2.39. The first kappa shape index (κ1) is 11.5. The van der Waals surface area contributed by atoms with Crippen molar-refractivity contribution in [3.05, 3.63) is 34.6 Å². The maximum Gasteiger partial charge on any atom is 0.266 e. The molecule has 0 saturated heterocycles. The van der Waals surface area contributed by atoms with Crippen LogP contribution < -0.4 is 5.73 Å². The van der Waals surface area contributed by atoms with Crippen LogP contribution in [0.15, 0.2) is 12.1 Å². The summed E-state index contributed by atoms with van der Waals surface area (Å²) in [6, 6.07) is 2.75. The molecule has 1 aliphatic rings. The van der Waals surface area contributed by atoms with Gasteiger partial charge in [0.1, 0.15) is 5.82 Å². The van der Waals surface area contributed by atoms with Gasteiger partial charge in [0.2, 0.25) is 0 Å². The summed E-state index contributed by atoms with van der Waals surface area (Å²) in [6.45, 7) is 1.50. The van der Waals surface area contributed by atoms with E-state index in [9.17, 15) is 13.2 Å². The molecule has 0 spiro atoms. The summed E-state index contributed by atoms with van der Waals surface area (Å²) in [7, 11) is 0. The molecule has 0 aliphatic heterocycles. The van der Waals surface area contributed by atoms with Crippen LogP contribution in [0.5, 0.6) is 0 Å². The third kappa shape index (κ3) is 1.71. The number of halogens is 3. The quantitative estimate of drug-likeness (QED) is 0.826. The van der Waals surface area contributed by atoms with E-state index in [1.165, 1.54) is 6.92 Å². The van der Waals surface area contributed by atoms with Crippen LogP contribution in [0.25, 0.3) is 0 Å². The summed E-state index contributed by atoms with van der Waals surface area (Å²) >= 11 is 0. The fourth-order valence-corrected chi connectivity index (χ4v) is 2.17. The van der Waals surface area contributed by atoms with Gasteiger partial charge in [0, 0.05) is 5.54 Å². The Morgan fingerprint density at radius 2 is 1.94 bits per heavy atom. The van der Waals surface area contributed by atoms with Gasteiger partial charge in [-0.1, -0.05) is 6.07 Å². The maximum absolute atomic E-state index is 13.5. The molecule has 1 aliphatic carbocycles. The normalized spacial score (nSPS) is 18.6. The van der Waals surface area contributed by atoms with Crippen LogP contribution in [-0.4, -0.2) is 0 Å². The Morgan fingerprint density at radius 1 is 1.31 bits per heavy atom. The van der Waals surface area contributed by atoms with E-state index in [1.54, 1.807) is 6.07 Å². The second kappa shape index (κ2) is 3.77. The highest BCUT2D eigenvalue weighted by Crippen LogP contribution is 2.40. The maximum atomic E-state index is 13.5. The summed E-state index contributed by atoms with van der Waals surface area (Å²) in [6.07, 6.45) is -0.183. The molecule has 88 valence electrons. The highest BCUT2D eigenvalue weighted by molar-refractivity contribution is 5.37. The van der Waals surface area contributed by atoms with Gasteiger partial charge >= 0.3 is 0 Å². The van der Waals surface area contributed by atoms with Crippen LogP contribution in [0.2, 0.25) is 0 Å². The van der Waals surface area contributed by atoms with Crippen LogP contribution in [0.1, 0.15) is 42.4 Å². The predicted molar refractivity (Wildman–Crippen MR) is 55.8 cm³/mol. The first-order valence-corrected chi connectivity index (χ1v) is 5.31. The largest absolute Gasteiger partial charge is 0.321 e. The van der Waals surface area contributed by atoms with Gasteiger partial charge in [0.25, 0.3) is 6.43 Å². The highest BCUT2D eigenvalue weighted by atomic mass is 19.3. The van der Waals surface area contributed by atoms with Crippen molar-refractivity contribution < 1.29 is 13.2 Å². The Bertz CT molecular complexity index is 388. The van der Waals surface area contributed by atoms with E-state index in [2.05, 4.69) is 0 Å². The van der Waals surface area contributed by atoms with E-state index in [-0.39, 0.29) is 5.56 Å². The van der Waals surface area contributed by atoms with E-state index in [0.29, 0.717) is 5.56 Å². The van der Waals surface area contributed by atoms with Gasteiger partial charge in [-0.25, -0.2) is 13.2 Å². The number of aryl methyl sites for hydroxylation is 1. The van der Waals surface area contributed by atoms with Gasteiger partial charge in [0.05, 0.1) is 5.56 Å². The Hall–Kier alpha value is -1.03. The van der Waals surface area contributed by atoms with Gasteiger partial charge in [-0.3, -0.25) is 0 Å². The van der Waals surface area contributed by atoms with E-state index < -0.39 is 23.3 Å². The van der Waals surface area contributed by atoms with Crippen LogP contribution in [-0.2, 0) is 5.54 Å². The average molecular weight is 229 g/mol. The molecule has 1 saturated carbocycles. The number of nitrogens with two attached hydrogens (primary N) is 1. The van der Waals surface area contributed by atoms with Gasteiger partial charge in [-0.15, -0.1) is 0 Å². The molecule has 1 aromatic carbocycles. The summed E-state index contributed by atoms with van der Waals surface area (Å²) < 4.78 is 38.6. The minimum atomic E-state index is -2.77. The Kier molecular flexibility index (Phi) is 2.70. The number of hydrogen-bond donors (Lipinski definition) is 1. The average Bonchev–Trinajstić information content (AvgIpc) is 2.12. The summed E-state index contributed by atoms with van der Waals surface area (Å²) in [5, 5.41) is 0.